The van der Waals surface area contributed by atoms with E-state index in [1.165, 1.54) is 4.88 Å². The molecule has 0 aromatic carbocycles. The van der Waals surface area contributed by atoms with Gasteiger partial charge < -0.3 is 14.7 Å². The predicted molar refractivity (Wildman–Crippen MR) is 83.0 cm³/mol. The van der Waals surface area contributed by atoms with E-state index in [0.29, 0.717) is 13.1 Å². The van der Waals surface area contributed by atoms with Crippen LogP contribution in [0.4, 0.5) is 4.79 Å². The van der Waals surface area contributed by atoms with E-state index in [4.69, 9.17) is 4.74 Å². The van der Waals surface area contributed by atoms with Gasteiger partial charge in [-0.05, 0) is 54.6 Å². The van der Waals surface area contributed by atoms with Crippen molar-refractivity contribution < 1.29 is 14.6 Å². The molecule has 1 aromatic rings. The van der Waals surface area contributed by atoms with E-state index in [0.717, 1.165) is 10.9 Å². The Bertz CT molecular complexity index is 483. The Balaban J connectivity index is 1.95. The minimum absolute atomic E-state index is 0.0671. The molecule has 1 amide bonds. The fraction of sp³-hybridized carbons (Fsp3) is 0.643. The van der Waals surface area contributed by atoms with Crippen LogP contribution in [0.5, 0.6) is 0 Å². The number of hydrogen-bond donors (Lipinski definition) is 1. The number of carbonyl (C=O) groups excluding carboxylic acids is 1. The molecule has 112 valence electrons. The fourth-order valence-corrected chi connectivity index (χ4v) is 3.85. The van der Waals surface area contributed by atoms with E-state index in [-0.39, 0.29) is 12.0 Å². The van der Waals surface area contributed by atoms with Gasteiger partial charge in [-0.3, -0.25) is 0 Å². The molecule has 2 unspecified atom stereocenters. The van der Waals surface area contributed by atoms with Crippen LogP contribution in [0.3, 0.4) is 0 Å². The Kier molecular flexibility index (Phi) is 4.76. The Morgan fingerprint density at radius 1 is 1.55 bits per heavy atom. The van der Waals surface area contributed by atoms with Crippen LogP contribution in [0.2, 0.25) is 0 Å². The molecule has 0 spiro atoms. The minimum Gasteiger partial charge on any atom is -0.444 e. The maximum absolute atomic E-state index is 12.0. The molecule has 20 heavy (non-hydrogen) atoms. The van der Waals surface area contributed by atoms with Crippen LogP contribution in [0.1, 0.15) is 25.6 Å². The van der Waals surface area contributed by atoms with Crippen molar-refractivity contribution in [2.45, 2.75) is 38.9 Å². The number of hydrogen-bond acceptors (Lipinski definition) is 4. The van der Waals surface area contributed by atoms with Crippen molar-refractivity contribution in [3.05, 3.63) is 20.8 Å². The Morgan fingerprint density at radius 3 is 2.80 bits per heavy atom. The van der Waals surface area contributed by atoms with E-state index in [1.54, 1.807) is 16.2 Å². The number of rotatable bonds is 2. The van der Waals surface area contributed by atoms with Gasteiger partial charge in [-0.2, -0.15) is 0 Å². The molecule has 0 saturated carbocycles. The topological polar surface area (TPSA) is 49.8 Å². The first kappa shape index (κ1) is 15.8. The molecule has 0 radical (unpaired) electrons. The zero-order chi connectivity index (χ0) is 14.9. The van der Waals surface area contributed by atoms with Gasteiger partial charge in [0, 0.05) is 21.8 Å². The Morgan fingerprint density at radius 2 is 2.25 bits per heavy atom. The highest BCUT2D eigenvalue weighted by molar-refractivity contribution is 9.10. The number of carbonyl (C=O) groups is 1. The second-order valence-corrected chi connectivity index (χ2v) is 7.96. The molecule has 1 fully saturated rings. The van der Waals surface area contributed by atoms with Crippen LogP contribution in [0.15, 0.2) is 15.9 Å². The molecular formula is C14H20BrNO3S. The van der Waals surface area contributed by atoms with Gasteiger partial charge in [-0.25, -0.2) is 4.79 Å². The number of thiophene rings is 1. The van der Waals surface area contributed by atoms with E-state index < -0.39 is 11.7 Å². The van der Waals surface area contributed by atoms with Gasteiger partial charge in [0.15, 0.2) is 0 Å². The number of ether oxygens (including phenoxy) is 1. The van der Waals surface area contributed by atoms with Gasteiger partial charge in [0.05, 0.1) is 12.6 Å². The molecule has 4 nitrogen and oxygen atoms in total. The fourth-order valence-electron chi connectivity index (χ4n) is 2.24. The summed E-state index contributed by atoms with van der Waals surface area (Å²) in [7, 11) is 0. The Hall–Kier alpha value is -0.590. The van der Waals surface area contributed by atoms with Gasteiger partial charge in [0.25, 0.3) is 0 Å². The van der Waals surface area contributed by atoms with Gasteiger partial charge in [0.2, 0.25) is 0 Å². The second-order valence-electron chi connectivity index (χ2n) is 6.11. The molecule has 1 N–H and O–H groups in total. The highest BCUT2D eigenvalue weighted by atomic mass is 79.9. The number of aliphatic hydroxyl groups excluding tert-OH is 1. The molecular weight excluding hydrogens is 342 g/mol. The first-order chi connectivity index (χ1) is 9.26. The van der Waals surface area contributed by atoms with E-state index in [2.05, 4.69) is 15.9 Å². The summed E-state index contributed by atoms with van der Waals surface area (Å²) in [6, 6.07) is 2.01. The van der Waals surface area contributed by atoms with Crippen LogP contribution in [0.25, 0.3) is 0 Å². The van der Waals surface area contributed by atoms with Crippen molar-refractivity contribution in [2.24, 2.45) is 5.92 Å². The maximum Gasteiger partial charge on any atom is 0.410 e. The summed E-state index contributed by atoms with van der Waals surface area (Å²) in [5.41, 5.74) is -0.503. The Labute approximate surface area is 131 Å². The number of nitrogens with zero attached hydrogens (tertiary/aromatic N) is 1. The van der Waals surface area contributed by atoms with Crippen molar-refractivity contribution in [1.82, 2.24) is 4.90 Å². The SMILES string of the molecule is CC(C)(C)OC(=O)N1CC(O)C(Cc2sccc2Br)C1. The van der Waals surface area contributed by atoms with Gasteiger partial charge >= 0.3 is 6.09 Å². The standard InChI is InChI=1S/C14H20BrNO3S/c1-14(2,3)19-13(18)16-7-9(11(17)8-16)6-12-10(15)4-5-20-12/h4-5,9,11,17H,6-8H2,1-3H3. The average Bonchev–Trinajstić information content (AvgIpc) is 2.86. The summed E-state index contributed by atoms with van der Waals surface area (Å²) in [5.74, 6) is 0.0671. The number of amides is 1. The van der Waals surface area contributed by atoms with E-state index in [9.17, 15) is 9.90 Å². The molecule has 0 aliphatic carbocycles. The number of halogens is 1. The van der Waals surface area contributed by atoms with Crippen molar-refractivity contribution in [1.29, 1.82) is 0 Å². The summed E-state index contributed by atoms with van der Waals surface area (Å²) in [6.07, 6.45) is -0.0561. The highest BCUT2D eigenvalue weighted by Gasteiger charge is 2.36. The first-order valence-electron chi connectivity index (χ1n) is 6.64. The first-order valence-corrected chi connectivity index (χ1v) is 8.31. The summed E-state index contributed by atoms with van der Waals surface area (Å²) in [6.45, 7) is 6.43. The number of β-amino-alcohol motifs (C(OH)–C–C–N with tert-alkyl or cyclic N) is 1. The molecule has 1 saturated heterocycles. The predicted octanol–water partition coefficient (Wildman–Crippen LogP) is 3.28. The summed E-state index contributed by atoms with van der Waals surface area (Å²) in [5, 5.41) is 12.2. The zero-order valence-corrected chi connectivity index (χ0v) is 14.3. The largest absolute Gasteiger partial charge is 0.444 e. The molecule has 1 aromatic heterocycles. The van der Waals surface area contributed by atoms with E-state index >= 15 is 0 Å². The van der Waals surface area contributed by atoms with Crippen LogP contribution in [-0.4, -0.2) is 40.9 Å². The lowest BCUT2D eigenvalue weighted by atomic mass is 10.0. The smallest absolute Gasteiger partial charge is 0.410 e. The quantitative estimate of drug-likeness (QED) is 0.879. The van der Waals surface area contributed by atoms with Crippen molar-refractivity contribution in [3.8, 4) is 0 Å². The summed E-state index contributed by atoms with van der Waals surface area (Å²) >= 11 is 5.17. The third-order valence-corrected chi connectivity index (χ3v) is 5.15. The third-order valence-electron chi connectivity index (χ3n) is 3.20. The maximum atomic E-state index is 12.0. The highest BCUT2D eigenvalue weighted by Crippen LogP contribution is 2.29. The van der Waals surface area contributed by atoms with Gasteiger partial charge in [-0.15, -0.1) is 11.3 Å². The molecule has 0 bridgehead atoms. The zero-order valence-electron chi connectivity index (χ0n) is 11.9. The lowest BCUT2D eigenvalue weighted by Gasteiger charge is -2.24. The van der Waals surface area contributed by atoms with Crippen molar-refractivity contribution >= 4 is 33.4 Å². The molecule has 2 heterocycles. The lowest BCUT2D eigenvalue weighted by molar-refractivity contribution is 0.0270. The van der Waals surface area contributed by atoms with Crippen LogP contribution >= 0.6 is 27.3 Å². The third kappa shape index (κ3) is 3.96. The van der Waals surface area contributed by atoms with Crippen molar-refractivity contribution in [2.75, 3.05) is 13.1 Å². The number of likely N-dealkylation sites (tertiary alicyclic amines) is 1. The summed E-state index contributed by atoms with van der Waals surface area (Å²) in [4.78, 5) is 14.8. The monoisotopic (exact) mass is 361 g/mol. The van der Waals surface area contributed by atoms with E-state index in [1.807, 2.05) is 32.2 Å². The van der Waals surface area contributed by atoms with Crippen molar-refractivity contribution in [3.63, 3.8) is 0 Å². The second kappa shape index (κ2) is 6.03. The molecule has 1 aliphatic rings. The van der Waals surface area contributed by atoms with Crippen LogP contribution in [-0.2, 0) is 11.2 Å². The minimum atomic E-state index is -0.503. The normalized spacial score (nSPS) is 23.1. The molecule has 2 rings (SSSR count). The van der Waals surface area contributed by atoms with Crippen LogP contribution < -0.4 is 0 Å². The molecule has 2 atom stereocenters. The lowest BCUT2D eigenvalue weighted by Crippen LogP contribution is -2.35. The van der Waals surface area contributed by atoms with Gasteiger partial charge in [-0.1, -0.05) is 0 Å². The molecule has 1 aliphatic heterocycles. The van der Waals surface area contributed by atoms with Gasteiger partial charge in [0.1, 0.15) is 5.60 Å². The number of aliphatic hydroxyl groups is 1. The average molecular weight is 362 g/mol. The van der Waals surface area contributed by atoms with Crippen LogP contribution in [0, 0.1) is 5.92 Å². The molecule has 6 heteroatoms. The summed E-state index contributed by atoms with van der Waals surface area (Å²) < 4.78 is 6.42.